The van der Waals surface area contributed by atoms with Gasteiger partial charge in [-0.05, 0) is 49.7 Å². The fraction of sp³-hybridized carbons (Fsp3) is 0.476. The highest BCUT2D eigenvalue weighted by Gasteiger charge is 2.27. The van der Waals surface area contributed by atoms with Crippen LogP contribution >= 0.6 is 0 Å². The van der Waals surface area contributed by atoms with Crippen molar-refractivity contribution in [2.45, 2.75) is 26.0 Å². The summed E-state index contributed by atoms with van der Waals surface area (Å²) in [6.07, 6.45) is 1.89. The molecule has 1 fully saturated rings. The molecule has 1 aromatic carbocycles. The molecule has 3 rings (SSSR count). The van der Waals surface area contributed by atoms with Gasteiger partial charge in [-0.1, -0.05) is 0 Å². The highest BCUT2D eigenvalue weighted by Crippen LogP contribution is 2.30. The lowest BCUT2D eigenvalue weighted by Crippen LogP contribution is -2.38. The minimum atomic E-state index is -0.0229. The summed E-state index contributed by atoms with van der Waals surface area (Å²) >= 11 is 0. The second kappa shape index (κ2) is 9.06. The van der Waals surface area contributed by atoms with E-state index in [4.69, 9.17) is 18.6 Å². The molecule has 2 aromatic rings. The molecular formula is C21H27NO5. The SMILES string of the molecule is COCc1ccc(CN2CCC[C@@H](C(=O)c3ccc(OC)c(OC)c3)C2)o1. The molecule has 0 bridgehead atoms. The number of hydrogen-bond acceptors (Lipinski definition) is 6. The number of ether oxygens (including phenoxy) is 3. The van der Waals surface area contributed by atoms with Crippen LogP contribution in [0.5, 0.6) is 11.5 Å². The summed E-state index contributed by atoms with van der Waals surface area (Å²) in [5.41, 5.74) is 0.667. The zero-order chi connectivity index (χ0) is 19.2. The zero-order valence-electron chi connectivity index (χ0n) is 16.2. The van der Waals surface area contributed by atoms with E-state index in [9.17, 15) is 4.79 Å². The standard InChI is InChI=1S/C21H27NO5/c1-24-14-18-8-7-17(27-18)13-22-10-4-5-16(12-22)21(23)15-6-9-19(25-2)20(11-15)26-3/h6-9,11,16H,4-5,10,12-14H2,1-3H3/t16-/m1/s1. The van der Waals surface area contributed by atoms with Gasteiger partial charge in [0.15, 0.2) is 17.3 Å². The first-order chi connectivity index (χ1) is 13.1. The lowest BCUT2D eigenvalue weighted by molar-refractivity contribution is 0.0799. The van der Waals surface area contributed by atoms with Gasteiger partial charge in [0.25, 0.3) is 0 Å². The minimum Gasteiger partial charge on any atom is -0.493 e. The van der Waals surface area contributed by atoms with Gasteiger partial charge in [-0.25, -0.2) is 0 Å². The third kappa shape index (κ3) is 4.70. The van der Waals surface area contributed by atoms with Crippen molar-refractivity contribution < 1.29 is 23.4 Å². The maximum atomic E-state index is 13.0. The average Bonchev–Trinajstić information content (AvgIpc) is 3.14. The molecular weight excluding hydrogens is 346 g/mol. The molecule has 0 amide bonds. The van der Waals surface area contributed by atoms with Crippen LogP contribution in [-0.2, 0) is 17.9 Å². The maximum absolute atomic E-state index is 13.0. The Morgan fingerprint density at radius 1 is 1.11 bits per heavy atom. The summed E-state index contributed by atoms with van der Waals surface area (Å²) < 4.78 is 21.5. The molecule has 1 saturated heterocycles. The van der Waals surface area contributed by atoms with Crippen LogP contribution in [0.15, 0.2) is 34.7 Å². The van der Waals surface area contributed by atoms with Gasteiger partial charge in [0.05, 0.1) is 20.8 Å². The Morgan fingerprint density at radius 2 is 1.89 bits per heavy atom. The number of piperidine rings is 1. The quantitative estimate of drug-likeness (QED) is 0.660. The van der Waals surface area contributed by atoms with Crippen LogP contribution in [-0.4, -0.2) is 45.1 Å². The van der Waals surface area contributed by atoms with E-state index in [2.05, 4.69) is 4.90 Å². The summed E-state index contributed by atoms with van der Waals surface area (Å²) in [5.74, 6) is 3.07. The fourth-order valence-electron chi connectivity index (χ4n) is 3.59. The topological polar surface area (TPSA) is 61.1 Å². The summed E-state index contributed by atoms with van der Waals surface area (Å²) in [5, 5.41) is 0. The largest absolute Gasteiger partial charge is 0.493 e. The third-order valence-corrected chi connectivity index (χ3v) is 4.93. The fourth-order valence-corrected chi connectivity index (χ4v) is 3.59. The van der Waals surface area contributed by atoms with Gasteiger partial charge in [0, 0.05) is 25.1 Å². The summed E-state index contributed by atoms with van der Waals surface area (Å²) in [4.78, 5) is 15.3. The number of ketones is 1. The zero-order valence-corrected chi connectivity index (χ0v) is 16.2. The predicted molar refractivity (Wildman–Crippen MR) is 101 cm³/mol. The second-order valence-corrected chi connectivity index (χ2v) is 6.81. The summed E-state index contributed by atoms with van der Waals surface area (Å²) in [6.45, 7) is 2.88. The average molecular weight is 373 g/mol. The van der Waals surface area contributed by atoms with E-state index in [1.54, 1.807) is 33.5 Å². The molecule has 0 radical (unpaired) electrons. The van der Waals surface area contributed by atoms with Crippen LogP contribution in [0.4, 0.5) is 0 Å². The monoisotopic (exact) mass is 373 g/mol. The Hall–Kier alpha value is -2.31. The van der Waals surface area contributed by atoms with Crippen molar-refractivity contribution in [2.24, 2.45) is 5.92 Å². The van der Waals surface area contributed by atoms with Gasteiger partial charge in [-0.2, -0.15) is 0 Å². The second-order valence-electron chi connectivity index (χ2n) is 6.81. The molecule has 0 unspecified atom stereocenters. The highest BCUT2D eigenvalue weighted by molar-refractivity contribution is 5.98. The van der Waals surface area contributed by atoms with Crippen LogP contribution in [0.2, 0.25) is 0 Å². The molecule has 1 aromatic heterocycles. The molecule has 1 aliphatic heterocycles. The van der Waals surface area contributed by atoms with Crippen molar-refractivity contribution in [3.8, 4) is 11.5 Å². The molecule has 6 nitrogen and oxygen atoms in total. The van der Waals surface area contributed by atoms with Gasteiger partial charge in [-0.3, -0.25) is 9.69 Å². The van der Waals surface area contributed by atoms with Gasteiger partial charge in [0.1, 0.15) is 18.1 Å². The van der Waals surface area contributed by atoms with Crippen LogP contribution < -0.4 is 9.47 Å². The van der Waals surface area contributed by atoms with E-state index in [1.807, 2.05) is 18.2 Å². The Kier molecular flexibility index (Phi) is 6.53. The van der Waals surface area contributed by atoms with E-state index in [0.29, 0.717) is 30.2 Å². The molecule has 0 spiro atoms. The number of nitrogens with zero attached hydrogens (tertiary/aromatic N) is 1. The van der Waals surface area contributed by atoms with Crippen LogP contribution in [0.25, 0.3) is 0 Å². The van der Waals surface area contributed by atoms with E-state index >= 15 is 0 Å². The predicted octanol–water partition coefficient (Wildman–Crippen LogP) is 3.54. The summed E-state index contributed by atoms with van der Waals surface area (Å²) in [7, 11) is 4.82. The molecule has 2 heterocycles. The smallest absolute Gasteiger partial charge is 0.167 e. The molecule has 1 aliphatic rings. The molecule has 0 aliphatic carbocycles. The van der Waals surface area contributed by atoms with Crippen molar-refractivity contribution in [3.05, 3.63) is 47.4 Å². The number of methoxy groups -OCH3 is 3. The van der Waals surface area contributed by atoms with E-state index < -0.39 is 0 Å². The Morgan fingerprint density at radius 3 is 2.63 bits per heavy atom. The van der Waals surface area contributed by atoms with Gasteiger partial charge in [-0.15, -0.1) is 0 Å². The first kappa shape index (κ1) is 19.5. The van der Waals surface area contributed by atoms with Gasteiger partial charge in [0.2, 0.25) is 0 Å². The Balaban J connectivity index is 1.65. The number of likely N-dealkylation sites (tertiary alicyclic amines) is 1. The Bertz CT molecular complexity index is 770. The van der Waals surface area contributed by atoms with Crippen LogP contribution in [0.1, 0.15) is 34.7 Å². The maximum Gasteiger partial charge on any atom is 0.167 e. The number of carbonyl (C=O) groups is 1. The first-order valence-electron chi connectivity index (χ1n) is 9.19. The number of hydrogen-bond donors (Lipinski definition) is 0. The summed E-state index contributed by atoms with van der Waals surface area (Å²) in [6, 6.07) is 9.28. The molecule has 0 N–H and O–H groups in total. The lowest BCUT2D eigenvalue weighted by Gasteiger charge is -2.31. The number of carbonyl (C=O) groups excluding carboxylic acids is 1. The van der Waals surface area contributed by atoms with E-state index in [0.717, 1.165) is 37.5 Å². The van der Waals surface area contributed by atoms with Crippen molar-refractivity contribution >= 4 is 5.78 Å². The number of furan rings is 1. The van der Waals surface area contributed by atoms with Crippen LogP contribution in [0.3, 0.4) is 0 Å². The third-order valence-electron chi connectivity index (χ3n) is 4.93. The van der Waals surface area contributed by atoms with Crippen molar-refractivity contribution in [1.29, 1.82) is 0 Å². The number of Topliss-reactive ketones (excluding diaryl/α,β-unsaturated/α-hetero) is 1. The van der Waals surface area contributed by atoms with E-state index in [1.165, 1.54) is 0 Å². The number of rotatable bonds is 8. The molecule has 6 heteroatoms. The highest BCUT2D eigenvalue weighted by atomic mass is 16.5. The minimum absolute atomic E-state index is 0.0229. The molecule has 1 atom stereocenters. The van der Waals surface area contributed by atoms with Crippen molar-refractivity contribution in [1.82, 2.24) is 4.90 Å². The van der Waals surface area contributed by atoms with Crippen LogP contribution in [0, 0.1) is 5.92 Å². The van der Waals surface area contributed by atoms with E-state index in [-0.39, 0.29) is 11.7 Å². The van der Waals surface area contributed by atoms with Crippen molar-refractivity contribution in [3.63, 3.8) is 0 Å². The molecule has 27 heavy (non-hydrogen) atoms. The Labute approximate surface area is 160 Å². The normalized spacial score (nSPS) is 17.7. The van der Waals surface area contributed by atoms with Crippen molar-refractivity contribution in [2.75, 3.05) is 34.4 Å². The molecule has 146 valence electrons. The van der Waals surface area contributed by atoms with Gasteiger partial charge < -0.3 is 18.6 Å². The first-order valence-corrected chi connectivity index (χ1v) is 9.19. The number of benzene rings is 1. The lowest BCUT2D eigenvalue weighted by atomic mass is 9.90. The van der Waals surface area contributed by atoms with Gasteiger partial charge >= 0.3 is 0 Å². The molecule has 0 saturated carbocycles.